The van der Waals surface area contributed by atoms with E-state index in [9.17, 15) is 14.4 Å². The van der Waals surface area contributed by atoms with Gasteiger partial charge in [0.15, 0.2) is 0 Å². The van der Waals surface area contributed by atoms with E-state index in [1.165, 1.54) is 0 Å². The molecule has 0 aliphatic heterocycles. The first-order chi connectivity index (χ1) is 9.99. The number of hydrogen-bond acceptors (Lipinski definition) is 5. The van der Waals surface area contributed by atoms with Crippen LogP contribution in [0.25, 0.3) is 0 Å². The maximum absolute atomic E-state index is 11.6. The molecule has 0 spiro atoms. The van der Waals surface area contributed by atoms with Gasteiger partial charge in [0.1, 0.15) is 6.61 Å². The van der Waals surface area contributed by atoms with Gasteiger partial charge >= 0.3 is 18.0 Å². The van der Waals surface area contributed by atoms with Crippen LogP contribution in [0.5, 0.6) is 0 Å². The molecule has 7 heteroatoms. The predicted octanol–water partition coefficient (Wildman–Crippen LogP) is 1.52. The Morgan fingerprint density at radius 1 is 1.05 bits per heavy atom. The van der Waals surface area contributed by atoms with Gasteiger partial charge in [-0.3, -0.25) is 0 Å². The van der Waals surface area contributed by atoms with Crippen LogP contribution < -0.4 is 10.6 Å². The van der Waals surface area contributed by atoms with Gasteiger partial charge in [0, 0.05) is 17.7 Å². The first-order valence-electron chi connectivity index (χ1n) is 7.13. The summed E-state index contributed by atoms with van der Waals surface area (Å²) in [5, 5.41) is 5.37. The standard InChI is InChI=1S/C15H26N2O5/c1-10(2)22-13(19)8-7-12(18)21-9-11(3)16-14(20)17-15(4,5)6/h7-8,10-11H,9H2,1-6H3,(H2,16,17,20)/b8-7+/t11-/m1/s1. The first kappa shape index (κ1) is 19.9. The summed E-state index contributed by atoms with van der Waals surface area (Å²) in [7, 11) is 0. The second kappa shape index (κ2) is 9.07. The van der Waals surface area contributed by atoms with Crippen LogP contribution in [0.4, 0.5) is 4.79 Å². The van der Waals surface area contributed by atoms with Gasteiger partial charge in [0.25, 0.3) is 0 Å². The van der Waals surface area contributed by atoms with Crippen molar-refractivity contribution in [3.05, 3.63) is 12.2 Å². The second-order valence-electron chi connectivity index (χ2n) is 6.20. The van der Waals surface area contributed by atoms with E-state index in [1.807, 2.05) is 20.8 Å². The average Bonchev–Trinajstić information content (AvgIpc) is 2.30. The van der Waals surface area contributed by atoms with Crippen molar-refractivity contribution >= 4 is 18.0 Å². The molecule has 0 aromatic carbocycles. The van der Waals surface area contributed by atoms with Crippen molar-refractivity contribution in [1.29, 1.82) is 0 Å². The molecule has 1 atom stereocenters. The van der Waals surface area contributed by atoms with Gasteiger partial charge < -0.3 is 20.1 Å². The van der Waals surface area contributed by atoms with Crippen molar-refractivity contribution in [1.82, 2.24) is 10.6 Å². The number of nitrogens with one attached hydrogen (secondary N) is 2. The van der Waals surface area contributed by atoms with Gasteiger partial charge in [-0.1, -0.05) is 0 Å². The SMILES string of the molecule is CC(C)OC(=O)/C=C/C(=O)OC[C@@H](C)NC(=O)NC(C)(C)C. The molecule has 0 aliphatic carbocycles. The Kier molecular flexibility index (Phi) is 8.22. The molecule has 2 N–H and O–H groups in total. The van der Waals surface area contributed by atoms with Crippen LogP contribution in [0, 0.1) is 0 Å². The lowest BCUT2D eigenvalue weighted by Crippen LogP contribution is -2.49. The molecular weight excluding hydrogens is 288 g/mol. The van der Waals surface area contributed by atoms with Gasteiger partial charge in [0.2, 0.25) is 0 Å². The minimum Gasteiger partial charge on any atom is -0.460 e. The maximum Gasteiger partial charge on any atom is 0.331 e. The van der Waals surface area contributed by atoms with Crippen molar-refractivity contribution < 1.29 is 23.9 Å². The topological polar surface area (TPSA) is 93.7 Å². The minimum atomic E-state index is -0.675. The monoisotopic (exact) mass is 314 g/mol. The highest BCUT2D eigenvalue weighted by Gasteiger charge is 2.15. The Morgan fingerprint density at radius 3 is 2.09 bits per heavy atom. The Bertz CT molecular complexity index is 424. The molecule has 0 aromatic heterocycles. The van der Waals surface area contributed by atoms with E-state index in [0.29, 0.717) is 0 Å². The molecule has 0 bridgehead atoms. The molecular formula is C15H26N2O5. The van der Waals surface area contributed by atoms with Crippen LogP contribution in [-0.2, 0) is 19.1 Å². The zero-order valence-electron chi connectivity index (χ0n) is 14.1. The van der Waals surface area contributed by atoms with Crippen LogP contribution in [0.2, 0.25) is 0 Å². The molecule has 126 valence electrons. The number of carbonyl (C=O) groups excluding carboxylic acids is 3. The molecule has 0 heterocycles. The fourth-order valence-corrected chi connectivity index (χ4v) is 1.31. The van der Waals surface area contributed by atoms with Gasteiger partial charge in [-0.15, -0.1) is 0 Å². The van der Waals surface area contributed by atoms with Gasteiger partial charge in [-0.25, -0.2) is 14.4 Å². The van der Waals surface area contributed by atoms with Crippen LogP contribution >= 0.6 is 0 Å². The first-order valence-corrected chi connectivity index (χ1v) is 7.13. The summed E-state index contributed by atoms with van der Waals surface area (Å²) in [5.74, 6) is -1.28. The summed E-state index contributed by atoms with van der Waals surface area (Å²) in [4.78, 5) is 34.2. The normalized spacial score (nSPS) is 12.9. The van der Waals surface area contributed by atoms with Gasteiger partial charge in [-0.2, -0.15) is 0 Å². The molecule has 0 aliphatic rings. The fourth-order valence-electron chi connectivity index (χ4n) is 1.31. The number of urea groups is 1. The molecule has 2 amide bonds. The Labute approximate surface area is 131 Å². The summed E-state index contributed by atoms with van der Waals surface area (Å²) in [6.07, 6.45) is 1.75. The van der Waals surface area contributed by atoms with Gasteiger partial charge in [-0.05, 0) is 41.5 Å². The average molecular weight is 314 g/mol. The number of ether oxygens (including phenoxy) is 2. The molecule has 0 rings (SSSR count). The molecule has 0 unspecified atom stereocenters. The summed E-state index contributed by atoms with van der Waals surface area (Å²) in [5.41, 5.74) is -0.347. The van der Waals surface area contributed by atoms with Crippen molar-refractivity contribution in [2.75, 3.05) is 6.61 Å². The molecule has 0 saturated carbocycles. The fraction of sp³-hybridized carbons (Fsp3) is 0.667. The number of amides is 2. The smallest absolute Gasteiger partial charge is 0.331 e. The summed E-state index contributed by atoms with van der Waals surface area (Å²) in [6, 6.07) is -0.700. The van der Waals surface area contributed by atoms with E-state index in [1.54, 1.807) is 20.8 Å². The Hall–Kier alpha value is -2.05. The summed E-state index contributed by atoms with van der Waals surface area (Å²) >= 11 is 0. The third-order valence-electron chi connectivity index (χ3n) is 2.05. The van der Waals surface area contributed by atoms with Crippen molar-refractivity contribution in [3.63, 3.8) is 0 Å². The molecule has 0 fully saturated rings. The molecule has 0 radical (unpaired) electrons. The molecule has 7 nitrogen and oxygen atoms in total. The van der Waals surface area contributed by atoms with Gasteiger partial charge in [0.05, 0.1) is 12.1 Å². The molecule has 0 aromatic rings. The number of rotatable bonds is 6. The zero-order chi connectivity index (χ0) is 17.3. The van der Waals surface area contributed by atoms with Crippen LogP contribution in [0.1, 0.15) is 41.5 Å². The molecule has 0 saturated heterocycles. The number of esters is 2. The lowest BCUT2D eigenvalue weighted by molar-refractivity contribution is -0.143. The van der Waals surface area contributed by atoms with Crippen LogP contribution in [-0.4, -0.2) is 42.3 Å². The minimum absolute atomic E-state index is 0.0000354. The number of hydrogen-bond donors (Lipinski definition) is 2. The molecule has 22 heavy (non-hydrogen) atoms. The quantitative estimate of drug-likeness (QED) is 0.573. The van der Waals surface area contributed by atoms with Crippen molar-refractivity contribution in [2.45, 2.75) is 59.2 Å². The summed E-state index contributed by atoms with van der Waals surface area (Å²) < 4.78 is 9.74. The van der Waals surface area contributed by atoms with Crippen molar-refractivity contribution in [2.24, 2.45) is 0 Å². The maximum atomic E-state index is 11.6. The Morgan fingerprint density at radius 2 is 1.59 bits per heavy atom. The largest absolute Gasteiger partial charge is 0.460 e. The second-order valence-corrected chi connectivity index (χ2v) is 6.20. The summed E-state index contributed by atoms with van der Waals surface area (Å²) in [6.45, 7) is 10.7. The number of carbonyl (C=O) groups is 3. The van der Waals surface area contributed by atoms with E-state index in [2.05, 4.69) is 10.6 Å². The van der Waals surface area contributed by atoms with E-state index in [0.717, 1.165) is 12.2 Å². The van der Waals surface area contributed by atoms with E-state index in [-0.39, 0.29) is 30.3 Å². The highest BCUT2D eigenvalue weighted by molar-refractivity contribution is 5.91. The van der Waals surface area contributed by atoms with Crippen LogP contribution in [0.15, 0.2) is 12.2 Å². The Balaban J connectivity index is 4.07. The van der Waals surface area contributed by atoms with Crippen molar-refractivity contribution in [3.8, 4) is 0 Å². The van der Waals surface area contributed by atoms with E-state index >= 15 is 0 Å². The highest BCUT2D eigenvalue weighted by atomic mass is 16.5. The third-order valence-corrected chi connectivity index (χ3v) is 2.05. The lowest BCUT2D eigenvalue weighted by atomic mass is 10.1. The third kappa shape index (κ3) is 11.7. The predicted molar refractivity (Wildman–Crippen MR) is 82.2 cm³/mol. The van der Waals surface area contributed by atoms with E-state index in [4.69, 9.17) is 9.47 Å². The lowest BCUT2D eigenvalue weighted by Gasteiger charge is -2.22. The van der Waals surface area contributed by atoms with E-state index < -0.39 is 11.9 Å². The zero-order valence-corrected chi connectivity index (χ0v) is 14.1. The van der Waals surface area contributed by atoms with Crippen LogP contribution in [0.3, 0.4) is 0 Å². The highest BCUT2D eigenvalue weighted by Crippen LogP contribution is 1.98.